The Morgan fingerprint density at radius 2 is 1.17 bits per heavy atom. The summed E-state index contributed by atoms with van der Waals surface area (Å²) in [7, 11) is 0. The maximum Gasteiger partial charge on any atom is 0.137 e. The molecule has 224 valence electrons. The van der Waals surface area contributed by atoms with Crippen LogP contribution in [0, 0.1) is 6.92 Å². The number of aromatic nitrogens is 2. The average molecular weight is 662 g/mol. The second-order valence-electron chi connectivity index (χ2n) is 11.1. The van der Waals surface area contributed by atoms with Crippen LogP contribution in [0.1, 0.15) is 11.3 Å². The van der Waals surface area contributed by atoms with Crippen molar-refractivity contribution >= 4 is 61.3 Å². The standard InChI is InChI=1S/C41H33BrN4/c1-31-38-29-37(45(35-19-10-4-11-20-35)36-21-12-5-13-22-36)25-26-40(38)46(41-27-24-32(42)30-43-41)39(31)23-14-28-44(33-15-6-2-7-16-33)34-17-8-3-9-18-34/h2-27,29-30H,28H2,1H3/b23-14-. The molecule has 7 aromatic rings. The molecule has 7 rings (SSSR count). The predicted molar refractivity (Wildman–Crippen MR) is 197 cm³/mol. The van der Waals surface area contributed by atoms with Crippen LogP contribution in [0.3, 0.4) is 0 Å². The van der Waals surface area contributed by atoms with Crippen LogP contribution in [0.25, 0.3) is 22.8 Å². The number of aryl methyl sites for hydroxylation is 1. The fourth-order valence-corrected chi connectivity index (χ4v) is 6.22. The summed E-state index contributed by atoms with van der Waals surface area (Å²) in [4.78, 5) is 9.46. The van der Waals surface area contributed by atoms with Crippen molar-refractivity contribution in [2.24, 2.45) is 0 Å². The minimum Gasteiger partial charge on any atom is -0.338 e. The molecule has 2 heterocycles. The lowest BCUT2D eigenvalue weighted by atomic mass is 10.1. The summed E-state index contributed by atoms with van der Waals surface area (Å²) < 4.78 is 3.22. The summed E-state index contributed by atoms with van der Waals surface area (Å²) in [5.41, 5.74) is 9.04. The first-order valence-electron chi connectivity index (χ1n) is 15.4. The Labute approximate surface area is 278 Å². The van der Waals surface area contributed by atoms with Crippen LogP contribution in [0.5, 0.6) is 0 Å². The second kappa shape index (κ2) is 13.3. The topological polar surface area (TPSA) is 24.3 Å². The molecule has 0 saturated heterocycles. The van der Waals surface area contributed by atoms with E-state index in [1.165, 1.54) is 10.9 Å². The first-order valence-corrected chi connectivity index (χ1v) is 16.2. The molecule has 5 heteroatoms. The van der Waals surface area contributed by atoms with Gasteiger partial charge in [0, 0.05) is 51.0 Å². The van der Waals surface area contributed by atoms with Crippen molar-refractivity contribution in [3.8, 4) is 5.82 Å². The number of hydrogen-bond acceptors (Lipinski definition) is 3. The van der Waals surface area contributed by atoms with Gasteiger partial charge < -0.3 is 9.80 Å². The SMILES string of the molecule is Cc1c(/C=C\CN(c2ccccc2)c2ccccc2)n(-c2ccc(Br)cn2)c2ccc(N(c3ccccc3)c3ccccc3)cc12. The van der Waals surface area contributed by atoms with Crippen LogP contribution >= 0.6 is 15.9 Å². The third kappa shape index (κ3) is 5.97. The van der Waals surface area contributed by atoms with E-state index in [9.17, 15) is 0 Å². The van der Waals surface area contributed by atoms with Gasteiger partial charge in [-0.15, -0.1) is 0 Å². The van der Waals surface area contributed by atoms with E-state index in [4.69, 9.17) is 4.98 Å². The molecule has 0 aliphatic carbocycles. The normalized spacial score (nSPS) is 11.3. The van der Waals surface area contributed by atoms with E-state index in [1.54, 1.807) is 0 Å². The van der Waals surface area contributed by atoms with Gasteiger partial charge in [0.05, 0.1) is 11.2 Å². The van der Waals surface area contributed by atoms with E-state index >= 15 is 0 Å². The number of hydrogen-bond donors (Lipinski definition) is 0. The van der Waals surface area contributed by atoms with Crippen LogP contribution < -0.4 is 9.80 Å². The van der Waals surface area contributed by atoms with Gasteiger partial charge in [0.1, 0.15) is 5.82 Å². The highest BCUT2D eigenvalue weighted by atomic mass is 79.9. The van der Waals surface area contributed by atoms with E-state index in [0.717, 1.165) is 49.9 Å². The molecule has 0 spiro atoms. The molecule has 0 radical (unpaired) electrons. The number of pyridine rings is 1. The lowest BCUT2D eigenvalue weighted by Gasteiger charge is -2.25. The van der Waals surface area contributed by atoms with E-state index in [1.807, 2.05) is 12.3 Å². The Balaban J connectivity index is 1.34. The maximum atomic E-state index is 4.83. The van der Waals surface area contributed by atoms with Crippen LogP contribution in [0.4, 0.5) is 28.4 Å². The fraction of sp³-hybridized carbons (Fsp3) is 0.0488. The number of fused-ring (bicyclic) bond motifs is 1. The Bertz CT molecular complexity index is 1990. The fourth-order valence-electron chi connectivity index (χ4n) is 5.99. The van der Waals surface area contributed by atoms with Crippen molar-refractivity contribution < 1.29 is 0 Å². The summed E-state index contributed by atoms with van der Waals surface area (Å²) in [6, 6.07) is 53.0. The zero-order valence-corrected chi connectivity index (χ0v) is 27.1. The van der Waals surface area contributed by atoms with E-state index < -0.39 is 0 Å². The van der Waals surface area contributed by atoms with Gasteiger partial charge in [0.25, 0.3) is 0 Å². The maximum absolute atomic E-state index is 4.83. The van der Waals surface area contributed by atoms with E-state index in [0.29, 0.717) is 6.54 Å². The highest BCUT2D eigenvalue weighted by Gasteiger charge is 2.19. The van der Waals surface area contributed by atoms with Gasteiger partial charge in [0.15, 0.2) is 0 Å². The zero-order valence-electron chi connectivity index (χ0n) is 25.5. The van der Waals surface area contributed by atoms with Crippen LogP contribution in [0.2, 0.25) is 0 Å². The number of nitrogens with zero attached hydrogens (tertiary/aromatic N) is 4. The van der Waals surface area contributed by atoms with Crippen LogP contribution in [-0.4, -0.2) is 16.1 Å². The smallest absolute Gasteiger partial charge is 0.137 e. The second-order valence-corrected chi connectivity index (χ2v) is 12.0. The summed E-state index contributed by atoms with van der Waals surface area (Å²) in [6.07, 6.45) is 6.35. The molecular formula is C41H33BrN4. The molecule has 0 amide bonds. The Morgan fingerprint density at radius 1 is 0.630 bits per heavy atom. The van der Waals surface area contributed by atoms with Crippen molar-refractivity contribution in [3.63, 3.8) is 0 Å². The molecule has 2 aromatic heterocycles. The van der Waals surface area contributed by atoms with E-state index in [-0.39, 0.29) is 0 Å². The lowest BCUT2D eigenvalue weighted by Crippen LogP contribution is -2.16. The molecule has 0 unspecified atom stereocenters. The average Bonchev–Trinajstić information content (AvgIpc) is 3.39. The molecule has 0 fully saturated rings. The Morgan fingerprint density at radius 3 is 1.70 bits per heavy atom. The molecule has 0 saturated carbocycles. The lowest BCUT2D eigenvalue weighted by molar-refractivity contribution is 1.02. The molecule has 0 aliphatic rings. The van der Waals surface area contributed by atoms with Crippen molar-refractivity contribution in [3.05, 3.63) is 180 Å². The van der Waals surface area contributed by atoms with Crippen molar-refractivity contribution in [1.82, 2.24) is 9.55 Å². The molecule has 4 nitrogen and oxygen atoms in total. The summed E-state index contributed by atoms with van der Waals surface area (Å²) in [5.74, 6) is 0.875. The summed E-state index contributed by atoms with van der Waals surface area (Å²) in [6.45, 7) is 2.92. The minimum absolute atomic E-state index is 0.712. The van der Waals surface area contributed by atoms with Gasteiger partial charge in [-0.1, -0.05) is 78.9 Å². The van der Waals surface area contributed by atoms with Gasteiger partial charge in [-0.05, 0) is 113 Å². The Hall–Kier alpha value is -5.39. The molecule has 46 heavy (non-hydrogen) atoms. The predicted octanol–water partition coefficient (Wildman–Crippen LogP) is 11.4. The van der Waals surface area contributed by atoms with Gasteiger partial charge in [-0.3, -0.25) is 4.57 Å². The van der Waals surface area contributed by atoms with E-state index in [2.05, 4.69) is 195 Å². The molecule has 0 N–H and O–H groups in total. The number of rotatable bonds is 9. The number of benzene rings is 5. The largest absolute Gasteiger partial charge is 0.338 e. The molecule has 0 aliphatic heterocycles. The van der Waals surface area contributed by atoms with Crippen molar-refractivity contribution in [1.29, 1.82) is 0 Å². The number of halogens is 1. The third-order valence-corrected chi connectivity index (χ3v) is 8.65. The molecule has 5 aromatic carbocycles. The van der Waals surface area contributed by atoms with Crippen molar-refractivity contribution in [2.45, 2.75) is 6.92 Å². The third-order valence-electron chi connectivity index (χ3n) is 8.18. The Kier molecular flexibility index (Phi) is 8.49. The molecule has 0 bridgehead atoms. The minimum atomic E-state index is 0.712. The number of para-hydroxylation sites is 4. The van der Waals surface area contributed by atoms with Gasteiger partial charge in [-0.25, -0.2) is 4.98 Å². The zero-order chi connectivity index (χ0) is 31.3. The highest BCUT2D eigenvalue weighted by molar-refractivity contribution is 9.10. The summed E-state index contributed by atoms with van der Waals surface area (Å²) >= 11 is 3.57. The molecule has 0 atom stereocenters. The molecular weight excluding hydrogens is 628 g/mol. The monoisotopic (exact) mass is 660 g/mol. The van der Waals surface area contributed by atoms with Crippen LogP contribution in [0.15, 0.2) is 168 Å². The first kappa shape index (κ1) is 29.3. The first-order chi connectivity index (χ1) is 22.7. The van der Waals surface area contributed by atoms with Gasteiger partial charge in [0.2, 0.25) is 0 Å². The van der Waals surface area contributed by atoms with Gasteiger partial charge in [-0.2, -0.15) is 0 Å². The van der Waals surface area contributed by atoms with Crippen molar-refractivity contribution in [2.75, 3.05) is 16.3 Å². The van der Waals surface area contributed by atoms with Crippen LogP contribution in [-0.2, 0) is 0 Å². The van der Waals surface area contributed by atoms with Gasteiger partial charge >= 0.3 is 0 Å². The summed E-state index contributed by atoms with van der Waals surface area (Å²) in [5, 5.41) is 1.18. The quantitative estimate of drug-likeness (QED) is 0.154. The highest BCUT2D eigenvalue weighted by Crippen LogP contribution is 2.38. The number of anilines is 5.